The van der Waals surface area contributed by atoms with Crippen LogP contribution in [0.3, 0.4) is 0 Å². The Morgan fingerprint density at radius 3 is 2.76 bits per heavy atom. The topological polar surface area (TPSA) is 101 Å². The molecule has 1 aromatic carbocycles. The van der Waals surface area contributed by atoms with Gasteiger partial charge in [-0.25, -0.2) is 8.42 Å². The number of carbonyl (C=O) groups is 1. The number of rotatable bonds is 5. The monoisotopic (exact) mass is 358 g/mol. The third-order valence-corrected chi connectivity index (χ3v) is 5.17. The molecule has 0 spiro atoms. The van der Waals surface area contributed by atoms with Crippen LogP contribution in [0.25, 0.3) is 0 Å². The van der Waals surface area contributed by atoms with Crippen LogP contribution in [-0.2, 0) is 21.2 Å². The third-order valence-electron chi connectivity index (χ3n) is 3.77. The van der Waals surface area contributed by atoms with E-state index in [-0.39, 0.29) is 16.6 Å². The predicted molar refractivity (Wildman–Crippen MR) is 93.7 cm³/mol. The lowest BCUT2D eigenvalue weighted by molar-refractivity contribution is -0.121. The van der Waals surface area contributed by atoms with E-state index in [1.165, 1.54) is 6.07 Å². The first-order valence-electron chi connectivity index (χ1n) is 7.85. The van der Waals surface area contributed by atoms with E-state index in [4.69, 9.17) is 0 Å². The van der Waals surface area contributed by atoms with Gasteiger partial charge in [-0.1, -0.05) is 18.2 Å². The lowest BCUT2D eigenvalue weighted by Gasteiger charge is -2.09. The standard InChI is InChI=1S/C17H18N4O3S/c1-12(17(22)19-11-9-13-6-4-5-10-18-13)20-16-14-7-2-3-8-15(14)25(23,24)21-16/h2-8,10,12H,9,11H2,1H3,(H,19,22)(H,20,21). The van der Waals surface area contributed by atoms with Crippen LogP contribution in [0.5, 0.6) is 0 Å². The quantitative estimate of drug-likeness (QED) is 0.828. The molecule has 2 aromatic rings. The minimum Gasteiger partial charge on any atom is -0.354 e. The maximum absolute atomic E-state index is 12.2. The van der Waals surface area contributed by atoms with E-state index in [1.807, 2.05) is 18.2 Å². The fourth-order valence-corrected chi connectivity index (χ4v) is 3.73. The Hall–Kier alpha value is -2.74. The molecule has 0 aliphatic carbocycles. The number of amides is 1. The normalized spacial score (nSPS) is 17.6. The molecular formula is C17H18N4O3S. The van der Waals surface area contributed by atoms with Gasteiger partial charge < -0.3 is 5.32 Å². The van der Waals surface area contributed by atoms with Crippen LogP contribution < -0.4 is 10.0 Å². The molecule has 1 unspecified atom stereocenters. The predicted octanol–water partition coefficient (Wildman–Crippen LogP) is 0.867. The summed E-state index contributed by atoms with van der Waals surface area (Å²) in [6.45, 7) is 2.06. The number of hydrogen-bond donors (Lipinski definition) is 2. The largest absolute Gasteiger partial charge is 0.354 e. The molecule has 1 atom stereocenters. The van der Waals surface area contributed by atoms with Gasteiger partial charge in [0.2, 0.25) is 5.91 Å². The van der Waals surface area contributed by atoms with E-state index in [9.17, 15) is 13.2 Å². The second-order valence-electron chi connectivity index (χ2n) is 5.62. The SMILES string of the molecule is CC(N=C1NS(=O)(=O)c2ccccc21)C(=O)NCCc1ccccn1. The summed E-state index contributed by atoms with van der Waals surface area (Å²) in [6.07, 6.45) is 2.32. The number of sulfonamides is 1. The molecule has 1 aromatic heterocycles. The Labute approximate surface area is 146 Å². The summed E-state index contributed by atoms with van der Waals surface area (Å²) in [4.78, 5) is 20.8. The number of benzene rings is 1. The van der Waals surface area contributed by atoms with Gasteiger partial charge in [0.15, 0.2) is 0 Å². The zero-order chi connectivity index (χ0) is 17.9. The van der Waals surface area contributed by atoms with Crippen LogP contribution in [-0.4, -0.2) is 37.7 Å². The molecule has 0 saturated carbocycles. The zero-order valence-corrected chi connectivity index (χ0v) is 14.5. The van der Waals surface area contributed by atoms with Crippen LogP contribution in [0.4, 0.5) is 0 Å². The molecule has 2 N–H and O–H groups in total. The van der Waals surface area contributed by atoms with E-state index in [2.05, 4.69) is 20.0 Å². The van der Waals surface area contributed by atoms with Crippen molar-refractivity contribution in [3.05, 3.63) is 59.9 Å². The summed E-state index contributed by atoms with van der Waals surface area (Å²) in [5.41, 5.74) is 1.37. The first-order chi connectivity index (χ1) is 12.0. The third kappa shape index (κ3) is 3.85. The number of pyridine rings is 1. The molecule has 3 rings (SSSR count). The number of carbonyl (C=O) groups excluding carboxylic acids is 1. The Morgan fingerprint density at radius 2 is 2.00 bits per heavy atom. The number of amidine groups is 1. The molecule has 1 amide bonds. The van der Waals surface area contributed by atoms with E-state index >= 15 is 0 Å². The summed E-state index contributed by atoms with van der Waals surface area (Å²) in [7, 11) is -3.60. The van der Waals surface area contributed by atoms with Crippen LogP contribution in [0, 0.1) is 0 Å². The van der Waals surface area contributed by atoms with Gasteiger partial charge in [0.25, 0.3) is 10.0 Å². The van der Waals surface area contributed by atoms with Crippen LogP contribution in [0.2, 0.25) is 0 Å². The van der Waals surface area contributed by atoms with Gasteiger partial charge >= 0.3 is 0 Å². The zero-order valence-electron chi connectivity index (χ0n) is 13.6. The molecule has 0 saturated heterocycles. The average molecular weight is 358 g/mol. The van der Waals surface area contributed by atoms with Gasteiger partial charge in [-0.05, 0) is 31.2 Å². The van der Waals surface area contributed by atoms with Crippen molar-refractivity contribution in [2.24, 2.45) is 4.99 Å². The molecule has 0 radical (unpaired) electrons. The molecule has 130 valence electrons. The van der Waals surface area contributed by atoms with Gasteiger partial charge in [-0.2, -0.15) is 0 Å². The molecular weight excluding hydrogens is 340 g/mol. The minimum absolute atomic E-state index is 0.177. The number of hydrogen-bond acceptors (Lipinski definition) is 5. The highest BCUT2D eigenvalue weighted by molar-refractivity contribution is 7.90. The van der Waals surface area contributed by atoms with Crippen molar-refractivity contribution in [2.75, 3.05) is 6.54 Å². The molecule has 0 bridgehead atoms. The highest BCUT2D eigenvalue weighted by Gasteiger charge is 2.31. The Morgan fingerprint density at radius 1 is 1.24 bits per heavy atom. The molecule has 1 aliphatic rings. The van der Waals surface area contributed by atoms with Gasteiger partial charge in [-0.3, -0.25) is 19.5 Å². The lowest BCUT2D eigenvalue weighted by atomic mass is 10.2. The summed E-state index contributed by atoms with van der Waals surface area (Å²) in [5, 5.41) is 2.79. The van der Waals surface area contributed by atoms with E-state index in [0.717, 1.165) is 5.69 Å². The van der Waals surface area contributed by atoms with Crippen molar-refractivity contribution in [3.8, 4) is 0 Å². The molecule has 8 heteroatoms. The van der Waals surface area contributed by atoms with E-state index in [0.29, 0.717) is 18.5 Å². The second-order valence-corrected chi connectivity index (χ2v) is 7.27. The summed E-state index contributed by atoms with van der Waals surface area (Å²) < 4.78 is 26.5. The minimum atomic E-state index is -3.60. The maximum Gasteiger partial charge on any atom is 0.263 e. The van der Waals surface area contributed by atoms with Crippen LogP contribution >= 0.6 is 0 Å². The van der Waals surface area contributed by atoms with Crippen molar-refractivity contribution in [2.45, 2.75) is 24.3 Å². The number of aliphatic imine (C=N–C) groups is 1. The van der Waals surface area contributed by atoms with Gasteiger partial charge in [0.1, 0.15) is 11.9 Å². The summed E-state index contributed by atoms with van der Waals surface area (Å²) in [6, 6.07) is 11.5. The number of fused-ring (bicyclic) bond motifs is 1. The molecule has 2 heterocycles. The molecule has 1 aliphatic heterocycles. The Bertz CT molecular complexity index is 911. The van der Waals surface area contributed by atoms with Crippen molar-refractivity contribution >= 4 is 21.8 Å². The highest BCUT2D eigenvalue weighted by atomic mass is 32.2. The second kappa shape index (κ2) is 7.02. The van der Waals surface area contributed by atoms with Crippen LogP contribution in [0.1, 0.15) is 18.2 Å². The van der Waals surface area contributed by atoms with Crippen LogP contribution in [0.15, 0.2) is 58.5 Å². The smallest absolute Gasteiger partial charge is 0.263 e. The Balaban J connectivity index is 1.64. The van der Waals surface area contributed by atoms with Gasteiger partial charge in [0.05, 0.1) is 4.90 Å². The fraction of sp³-hybridized carbons (Fsp3) is 0.235. The average Bonchev–Trinajstić information content (AvgIpc) is 2.86. The van der Waals surface area contributed by atoms with Gasteiger partial charge in [0, 0.05) is 30.4 Å². The summed E-state index contributed by atoms with van der Waals surface area (Å²) in [5.74, 6) is -0.0741. The van der Waals surface area contributed by atoms with Crippen molar-refractivity contribution in [1.29, 1.82) is 0 Å². The number of nitrogens with zero attached hydrogens (tertiary/aromatic N) is 2. The summed E-state index contributed by atoms with van der Waals surface area (Å²) >= 11 is 0. The highest BCUT2D eigenvalue weighted by Crippen LogP contribution is 2.22. The fourth-order valence-electron chi connectivity index (χ4n) is 2.49. The van der Waals surface area contributed by atoms with E-state index in [1.54, 1.807) is 31.3 Å². The van der Waals surface area contributed by atoms with Gasteiger partial charge in [-0.15, -0.1) is 0 Å². The number of aromatic nitrogens is 1. The first kappa shape index (κ1) is 17.1. The maximum atomic E-state index is 12.2. The molecule has 7 nitrogen and oxygen atoms in total. The number of nitrogens with one attached hydrogen (secondary N) is 2. The van der Waals surface area contributed by atoms with Crippen molar-refractivity contribution in [3.63, 3.8) is 0 Å². The van der Waals surface area contributed by atoms with Crippen molar-refractivity contribution in [1.82, 2.24) is 15.0 Å². The van der Waals surface area contributed by atoms with Crippen molar-refractivity contribution < 1.29 is 13.2 Å². The molecule has 25 heavy (non-hydrogen) atoms. The lowest BCUT2D eigenvalue weighted by Crippen LogP contribution is -2.35. The Kier molecular flexibility index (Phi) is 4.80. The van der Waals surface area contributed by atoms with E-state index < -0.39 is 16.1 Å². The first-order valence-corrected chi connectivity index (χ1v) is 9.33. The molecule has 0 fully saturated rings.